The third-order valence-electron chi connectivity index (χ3n) is 4.30. The highest BCUT2D eigenvalue weighted by Gasteiger charge is 2.28. The second-order valence-electron chi connectivity index (χ2n) is 6.24. The van der Waals surface area contributed by atoms with E-state index in [1.165, 1.54) is 17.3 Å². The molecular formula is C20H22N2O2S. The maximum Gasteiger partial charge on any atom is 0.239 e. The first-order chi connectivity index (χ1) is 12.0. The monoisotopic (exact) mass is 354 g/mol. The number of thioether (sulfide) groups is 1. The van der Waals surface area contributed by atoms with Crippen molar-refractivity contribution in [2.24, 2.45) is 0 Å². The van der Waals surface area contributed by atoms with E-state index in [2.05, 4.69) is 11.4 Å². The van der Waals surface area contributed by atoms with E-state index in [-0.39, 0.29) is 22.8 Å². The van der Waals surface area contributed by atoms with E-state index >= 15 is 0 Å². The Kier molecular flexibility index (Phi) is 5.43. The molecule has 1 atom stereocenters. The highest BCUT2D eigenvalue weighted by molar-refractivity contribution is 8.01. The number of benzene rings is 2. The number of nitrogens with one attached hydrogen (secondary N) is 1. The third kappa shape index (κ3) is 4.23. The Hall–Kier alpha value is -2.27. The summed E-state index contributed by atoms with van der Waals surface area (Å²) in [4.78, 5) is 26.6. The van der Waals surface area contributed by atoms with Gasteiger partial charge in [-0.25, -0.2) is 0 Å². The topological polar surface area (TPSA) is 49.4 Å². The molecule has 2 aromatic rings. The van der Waals surface area contributed by atoms with Crippen LogP contribution in [0.25, 0.3) is 0 Å². The van der Waals surface area contributed by atoms with Gasteiger partial charge in [0.15, 0.2) is 0 Å². The summed E-state index contributed by atoms with van der Waals surface area (Å²) < 4.78 is 0. The van der Waals surface area contributed by atoms with Gasteiger partial charge >= 0.3 is 0 Å². The van der Waals surface area contributed by atoms with E-state index in [9.17, 15) is 9.59 Å². The van der Waals surface area contributed by atoms with Crippen molar-refractivity contribution in [1.29, 1.82) is 0 Å². The highest BCUT2D eigenvalue weighted by Crippen LogP contribution is 2.29. The van der Waals surface area contributed by atoms with Gasteiger partial charge in [-0.05, 0) is 44.0 Å². The summed E-state index contributed by atoms with van der Waals surface area (Å²) >= 11 is 1.37. The smallest absolute Gasteiger partial charge is 0.239 e. The molecule has 2 amide bonds. The van der Waals surface area contributed by atoms with Gasteiger partial charge in [-0.15, -0.1) is 11.8 Å². The molecule has 0 radical (unpaired) electrons. The van der Waals surface area contributed by atoms with Crippen LogP contribution >= 0.6 is 11.8 Å². The Morgan fingerprint density at radius 1 is 1.16 bits per heavy atom. The van der Waals surface area contributed by atoms with Crippen molar-refractivity contribution < 1.29 is 9.59 Å². The minimum Gasteiger partial charge on any atom is -0.325 e. The summed E-state index contributed by atoms with van der Waals surface area (Å²) in [6, 6.07) is 15.7. The predicted octanol–water partition coefficient (Wildman–Crippen LogP) is 3.64. The lowest BCUT2D eigenvalue weighted by atomic mass is 10.2. The molecule has 1 aliphatic heterocycles. The third-order valence-corrected chi connectivity index (χ3v) is 5.43. The number of anilines is 2. The second-order valence-corrected chi connectivity index (χ2v) is 7.57. The fraction of sp³-hybridized carbons (Fsp3) is 0.300. The average Bonchev–Trinajstić information content (AvgIpc) is 3.05. The van der Waals surface area contributed by atoms with Crippen molar-refractivity contribution in [3.8, 4) is 0 Å². The number of aryl methyl sites for hydroxylation is 1. The maximum absolute atomic E-state index is 12.7. The van der Waals surface area contributed by atoms with Crippen molar-refractivity contribution >= 4 is 35.0 Å². The molecule has 0 fully saturated rings. The van der Waals surface area contributed by atoms with Crippen molar-refractivity contribution in [3.05, 3.63) is 59.7 Å². The van der Waals surface area contributed by atoms with Gasteiger partial charge in [0, 0.05) is 17.9 Å². The van der Waals surface area contributed by atoms with Crippen LogP contribution in [0.15, 0.2) is 48.5 Å². The van der Waals surface area contributed by atoms with E-state index in [0.29, 0.717) is 0 Å². The minimum atomic E-state index is -0.255. The van der Waals surface area contributed by atoms with E-state index in [1.54, 1.807) is 0 Å². The van der Waals surface area contributed by atoms with Crippen molar-refractivity contribution in [2.45, 2.75) is 25.5 Å². The number of hydrogen-bond acceptors (Lipinski definition) is 3. The van der Waals surface area contributed by atoms with Crippen LogP contribution in [-0.2, 0) is 16.0 Å². The van der Waals surface area contributed by atoms with E-state index in [0.717, 1.165) is 29.9 Å². The van der Waals surface area contributed by atoms with Crippen LogP contribution in [0, 0.1) is 6.92 Å². The largest absolute Gasteiger partial charge is 0.325 e. The van der Waals surface area contributed by atoms with Gasteiger partial charge in [-0.1, -0.05) is 35.9 Å². The molecule has 4 nitrogen and oxygen atoms in total. The molecule has 5 heteroatoms. The van der Waals surface area contributed by atoms with Crippen LogP contribution < -0.4 is 10.2 Å². The number of rotatable bonds is 5. The molecule has 2 aromatic carbocycles. The molecule has 3 rings (SSSR count). The minimum absolute atomic E-state index is 0.0677. The summed E-state index contributed by atoms with van der Waals surface area (Å²) in [5, 5.41) is 2.61. The first-order valence-corrected chi connectivity index (χ1v) is 9.47. The van der Waals surface area contributed by atoms with Gasteiger partial charge in [0.1, 0.15) is 0 Å². The van der Waals surface area contributed by atoms with Gasteiger partial charge in [-0.3, -0.25) is 9.59 Å². The first-order valence-electron chi connectivity index (χ1n) is 8.42. The fourth-order valence-corrected chi connectivity index (χ4v) is 3.64. The summed E-state index contributed by atoms with van der Waals surface area (Å²) in [5.74, 6) is 0.240. The zero-order valence-electron chi connectivity index (χ0n) is 14.5. The Balaban J connectivity index is 1.52. The molecule has 0 aromatic heterocycles. The van der Waals surface area contributed by atoms with E-state index in [1.807, 2.05) is 61.2 Å². The standard InChI is InChI=1S/C20H22N2O2S/c1-14-7-9-17(10-8-14)21-19(23)13-25-15(2)20(24)22-12-11-16-5-3-4-6-18(16)22/h3-10,15H,11-13H2,1-2H3,(H,21,23). The molecule has 0 bridgehead atoms. The number of carbonyl (C=O) groups is 2. The molecule has 1 heterocycles. The molecule has 1 unspecified atom stereocenters. The van der Waals surface area contributed by atoms with Gasteiger partial charge in [0.2, 0.25) is 11.8 Å². The van der Waals surface area contributed by atoms with Crippen LogP contribution in [0.5, 0.6) is 0 Å². The lowest BCUT2D eigenvalue weighted by Gasteiger charge is -2.21. The lowest BCUT2D eigenvalue weighted by Crippen LogP contribution is -2.35. The number of hydrogen-bond donors (Lipinski definition) is 1. The number of nitrogens with zero attached hydrogens (tertiary/aromatic N) is 1. The lowest BCUT2D eigenvalue weighted by molar-refractivity contribution is -0.117. The van der Waals surface area contributed by atoms with E-state index in [4.69, 9.17) is 0 Å². The van der Waals surface area contributed by atoms with Crippen LogP contribution in [-0.4, -0.2) is 29.4 Å². The summed E-state index contributed by atoms with van der Waals surface area (Å²) in [6.45, 7) is 4.59. The zero-order valence-corrected chi connectivity index (χ0v) is 15.3. The highest BCUT2D eigenvalue weighted by atomic mass is 32.2. The van der Waals surface area contributed by atoms with Crippen molar-refractivity contribution in [1.82, 2.24) is 0 Å². The first kappa shape index (κ1) is 17.5. The Bertz CT molecular complexity index is 774. The molecule has 0 saturated heterocycles. The number of fused-ring (bicyclic) bond motifs is 1. The number of amides is 2. The zero-order chi connectivity index (χ0) is 17.8. The molecule has 130 valence electrons. The molecular weight excluding hydrogens is 332 g/mol. The number of carbonyl (C=O) groups excluding carboxylic acids is 2. The second kappa shape index (κ2) is 7.74. The molecule has 0 spiro atoms. The Morgan fingerprint density at radius 2 is 1.88 bits per heavy atom. The fourth-order valence-electron chi connectivity index (χ4n) is 2.89. The summed E-state index contributed by atoms with van der Waals surface area (Å²) in [5.41, 5.74) is 4.15. The average molecular weight is 354 g/mol. The van der Waals surface area contributed by atoms with Gasteiger partial charge in [0.05, 0.1) is 11.0 Å². The SMILES string of the molecule is Cc1ccc(NC(=O)CSC(C)C(=O)N2CCc3ccccc32)cc1. The maximum atomic E-state index is 12.7. The van der Waals surface area contributed by atoms with Gasteiger partial charge in [-0.2, -0.15) is 0 Å². The molecule has 0 aliphatic carbocycles. The van der Waals surface area contributed by atoms with Crippen molar-refractivity contribution in [3.63, 3.8) is 0 Å². The molecule has 1 N–H and O–H groups in total. The summed E-state index contributed by atoms with van der Waals surface area (Å²) in [7, 11) is 0. The molecule has 0 saturated carbocycles. The van der Waals surface area contributed by atoms with Gasteiger partial charge < -0.3 is 10.2 Å². The Labute approximate surface area is 152 Å². The van der Waals surface area contributed by atoms with Crippen LogP contribution in [0.1, 0.15) is 18.1 Å². The van der Waals surface area contributed by atoms with Crippen LogP contribution in [0.2, 0.25) is 0 Å². The Morgan fingerprint density at radius 3 is 2.64 bits per heavy atom. The summed E-state index contributed by atoms with van der Waals surface area (Å²) in [6.07, 6.45) is 0.896. The van der Waals surface area contributed by atoms with Crippen LogP contribution in [0.4, 0.5) is 11.4 Å². The van der Waals surface area contributed by atoms with E-state index < -0.39 is 0 Å². The normalized spacial score (nSPS) is 14.1. The molecule has 25 heavy (non-hydrogen) atoms. The van der Waals surface area contributed by atoms with Crippen molar-refractivity contribution in [2.75, 3.05) is 22.5 Å². The molecule has 1 aliphatic rings. The van der Waals surface area contributed by atoms with Gasteiger partial charge in [0.25, 0.3) is 0 Å². The number of para-hydroxylation sites is 1. The van der Waals surface area contributed by atoms with Crippen LogP contribution in [0.3, 0.4) is 0 Å². The predicted molar refractivity (Wildman–Crippen MR) is 104 cm³/mol. The quantitative estimate of drug-likeness (QED) is 0.892.